The normalized spacial score (nSPS) is 8.22. The monoisotopic (exact) mass is 132 g/mol. The van der Waals surface area contributed by atoms with Crippen LogP contribution in [-0.4, -0.2) is 28.1 Å². The predicted octanol–water partition coefficient (Wildman–Crippen LogP) is -0.0376. The first-order valence-corrected chi connectivity index (χ1v) is 2.23. The molecule has 0 atom stereocenters. The Bertz CT molecular complexity index is 114. The molecule has 0 saturated heterocycles. The van der Waals surface area contributed by atoms with Crippen LogP contribution in [0.25, 0.3) is 0 Å². The van der Waals surface area contributed by atoms with Crippen molar-refractivity contribution < 1.29 is 15.2 Å². The molecule has 0 aliphatic carbocycles. The second kappa shape index (κ2) is 3.88. The highest BCUT2D eigenvalue weighted by molar-refractivity contribution is 5.71. The van der Waals surface area contributed by atoms with E-state index in [2.05, 4.69) is 6.58 Å². The van der Waals surface area contributed by atoms with E-state index in [0.717, 1.165) is 0 Å². The third-order valence-electron chi connectivity index (χ3n) is 0.632. The third-order valence-corrected chi connectivity index (χ3v) is 0.632. The number of carbonyl (C=O) groups is 1. The summed E-state index contributed by atoms with van der Waals surface area (Å²) in [5.41, 5.74) is 1.24. The minimum atomic E-state index is -0.977. The van der Waals surface area contributed by atoms with Gasteiger partial charge in [0.1, 0.15) is 0 Å². The highest BCUT2D eigenvalue weighted by Gasteiger charge is 2.04. The van der Waals surface area contributed by atoms with E-state index in [-0.39, 0.29) is 11.6 Å². The van der Waals surface area contributed by atoms with Gasteiger partial charge < -0.3 is 0 Å². The first kappa shape index (κ1) is 7.93. The fourth-order valence-electron chi connectivity index (χ4n) is 0.263. The van der Waals surface area contributed by atoms with E-state index in [0.29, 0.717) is 0 Å². The van der Waals surface area contributed by atoms with Crippen molar-refractivity contribution in [2.75, 3.05) is 6.54 Å². The molecule has 0 aromatic heterocycles. The quantitative estimate of drug-likeness (QED) is 0.280. The smallest absolute Gasteiger partial charge is 0.287 e. The van der Waals surface area contributed by atoms with Crippen molar-refractivity contribution in [2.24, 2.45) is 0 Å². The average Bonchev–Trinajstić information content (AvgIpc) is 1.87. The van der Waals surface area contributed by atoms with Crippen molar-refractivity contribution in [3.63, 3.8) is 0 Å². The fourth-order valence-corrected chi connectivity index (χ4v) is 0.263. The van der Waals surface area contributed by atoms with Crippen LogP contribution in [0.1, 0.15) is 0 Å². The Balaban J connectivity index is 3.58. The molecule has 5 nitrogen and oxygen atoms in total. The highest BCUT2D eigenvalue weighted by atomic mass is 16.5. The molecule has 0 radical (unpaired) electrons. The van der Waals surface area contributed by atoms with E-state index in [9.17, 15) is 4.79 Å². The summed E-state index contributed by atoms with van der Waals surface area (Å²) < 4.78 is 0. The van der Waals surface area contributed by atoms with Gasteiger partial charge in [0.25, 0.3) is 0 Å². The number of hydroxylamine groups is 3. The van der Waals surface area contributed by atoms with Crippen LogP contribution in [0.3, 0.4) is 0 Å². The summed E-state index contributed by atoms with van der Waals surface area (Å²) in [5.74, 6) is 0. The summed E-state index contributed by atoms with van der Waals surface area (Å²) in [4.78, 5) is 10.2. The lowest BCUT2D eigenvalue weighted by atomic mass is 10.6. The molecule has 9 heavy (non-hydrogen) atoms. The number of carbonyl (C=O) groups excluding carboxylic acids is 1. The second-order valence-electron chi connectivity index (χ2n) is 1.29. The standard InChI is InChI=1S/C4H8N2O3/c1-2-3-6(9)4(7)5-8/h2,8-9H,1,3H2,(H,5,7). The van der Waals surface area contributed by atoms with E-state index in [1.54, 1.807) is 0 Å². The Hall–Kier alpha value is -1.07. The molecule has 2 amide bonds. The molecular formula is C4H8N2O3. The number of nitrogens with one attached hydrogen (secondary N) is 1. The summed E-state index contributed by atoms with van der Waals surface area (Å²) in [6.45, 7) is 3.23. The molecule has 0 aromatic carbocycles. The van der Waals surface area contributed by atoms with Crippen molar-refractivity contribution in [2.45, 2.75) is 0 Å². The topological polar surface area (TPSA) is 72.8 Å². The van der Waals surface area contributed by atoms with E-state index in [4.69, 9.17) is 10.4 Å². The molecule has 0 saturated carbocycles. The van der Waals surface area contributed by atoms with Crippen molar-refractivity contribution in [3.05, 3.63) is 12.7 Å². The predicted molar refractivity (Wildman–Crippen MR) is 29.0 cm³/mol. The fraction of sp³-hybridized carbons (Fsp3) is 0.250. The van der Waals surface area contributed by atoms with E-state index >= 15 is 0 Å². The molecule has 3 N–H and O–H groups in total. The van der Waals surface area contributed by atoms with Gasteiger partial charge in [-0.15, -0.1) is 6.58 Å². The summed E-state index contributed by atoms with van der Waals surface area (Å²) in [7, 11) is 0. The zero-order valence-electron chi connectivity index (χ0n) is 4.74. The van der Waals surface area contributed by atoms with Crippen LogP contribution >= 0.6 is 0 Å². The highest BCUT2D eigenvalue weighted by Crippen LogP contribution is 1.80. The van der Waals surface area contributed by atoms with Crippen LogP contribution in [0, 0.1) is 0 Å². The van der Waals surface area contributed by atoms with Gasteiger partial charge in [-0.05, 0) is 0 Å². The molecule has 0 heterocycles. The van der Waals surface area contributed by atoms with E-state index in [1.165, 1.54) is 11.6 Å². The first-order valence-electron chi connectivity index (χ1n) is 2.23. The van der Waals surface area contributed by atoms with Crippen LogP contribution < -0.4 is 5.48 Å². The Morgan fingerprint density at radius 2 is 2.44 bits per heavy atom. The minimum absolute atomic E-state index is 0.0214. The number of amides is 2. The number of hydrogen-bond donors (Lipinski definition) is 3. The molecule has 0 spiro atoms. The Kier molecular flexibility index (Phi) is 3.41. The zero-order valence-corrected chi connectivity index (χ0v) is 4.74. The van der Waals surface area contributed by atoms with Crippen molar-refractivity contribution in [1.82, 2.24) is 10.5 Å². The van der Waals surface area contributed by atoms with Gasteiger partial charge in [0.05, 0.1) is 6.54 Å². The van der Waals surface area contributed by atoms with Gasteiger partial charge in [-0.25, -0.2) is 15.3 Å². The van der Waals surface area contributed by atoms with Crippen LogP contribution in [0.2, 0.25) is 0 Å². The lowest BCUT2D eigenvalue weighted by molar-refractivity contribution is -0.0457. The number of rotatable bonds is 2. The number of nitrogens with zero attached hydrogens (tertiary/aromatic N) is 1. The van der Waals surface area contributed by atoms with Crippen molar-refractivity contribution in [1.29, 1.82) is 0 Å². The molecule has 0 aliphatic heterocycles. The molecule has 5 heteroatoms. The summed E-state index contributed by atoms with van der Waals surface area (Å²) >= 11 is 0. The largest absolute Gasteiger partial charge is 0.365 e. The van der Waals surface area contributed by atoms with Gasteiger partial charge in [0.2, 0.25) is 0 Å². The van der Waals surface area contributed by atoms with Crippen LogP contribution in [0.5, 0.6) is 0 Å². The van der Waals surface area contributed by atoms with Crippen LogP contribution in [0.15, 0.2) is 12.7 Å². The maximum Gasteiger partial charge on any atom is 0.365 e. The van der Waals surface area contributed by atoms with Gasteiger partial charge in [-0.2, -0.15) is 0 Å². The van der Waals surface area contributed by atoms with Crippen LogP contribution in [0.4, 0.5) is 4.79 Å². The minimum Gasteiger partial charge on any atom is -0.287 e. The molecule has 0 fully saturated rings. The molecule has 0 aliphatic rings. The van der Waals surface area contributed by atoms with Gasteiger partial charge in [0, 0.05) is 0 Å². The molecule has 0 rings (SSSR count). The lowest BCUT2D eigenvalue weighted by Gasteiger charge is -2.09. The summed E-state index contributed by atoms with van der Waals surface area (Å²) in [6, 6.07) is -0.977. The Labute approximate surface area is 52.1 Å². The SMILES string of the molecule is C=CCN(O)C(=O)NO. The summed E-state index contributed by atoms with van der Waals surface area (Å²) in [6.07, 6.45) is 1.31. The molecule has 52 valence electrons. The molecule has 0 aromatic rings. The number of hydrogen-bond acceptors (Lipinski definition) is 3. The van der Waals surface area contributed by atoms with Gasteiger partial charge in [-0.3, -0.25) is 10.4 Å². The maximum absolute atomic E-state index is 10.2. The second-order valence-corrected chi connectivity index (χ2v) is 1.29. The van der Waals surface area contributed by atoms with Gasteiger partial charge in [0.15, 0.2) is 0 Å². The third kappa shape index (κ3) is 2.68. The maximum atomic E-state index is 10.2. The first-order chi connectivity index (χ1) is 4.22. The Morgan fingerprint density at radius 1 is 1.89 bits per heavy atom. The Morgan fingerprint density at radius 3 is 2.78 bits per heavy atom. The van der Waals surface area contributed by atoms with Crippen molar-refractivity contribution in [3.8, 4) is 0 Å². The number of urea groups is 1. The van der Waals surface area contributed by atoms with E-state index < -0.39 is 6.03 Å². The lowest BCUT2D eigenvalue weighted by Crippen LogP contribution is -2.35. The van der Waals surface area contributed by atoms with E-state index in [1.807, 2.05) is 0 Å². The summed E-state index contributed by atoms with van der Waals surface area (Å²) in [5, 5.41) is 16.7. The van der Waals surface area contributed by atoms with Crippen molar-refractivity contribution >= 4 is 6.03 Å². The van der Waals surface area contributed by atoms with Gasteiger partial charge >= 0.3 is 6.03 Å². The van der Waals surface area contributed by atoms with Crippen LogP contribution in [-0.2, 0) is 0 Å². The van der Waals surface area contributed by atoms with Gasteiger partial charge in [-0.1, -0.05) is 6.08 Å². The molecule has 0 bridgehead atoms. The molecule has 0 unspecified atom stereocenters. The zero-order chi connectivity index (χ0) is 7.28. The average molecular weight is 132 g/mol. The molecular weight excluding hydrogens is 124 g/mol.